The summed E-state index contributed by atoms with van der Waals surface area (Å²) in [5.41, 5.74) is 11.8. The van der Waals surface area contributed by atoms with E-state index in [-0.39, 0.29) is 17.3 Å². The average Bonchev–Trinajstić information content (AvgIpc) is 2.55. The number of rotatable bonds is 1. The molecule has 0 atom stereocenters. The van der Waals surface area contributed by atoms with Gasteiger partial charge in [0.05, 0.1) is 10.9 Å². The van der Waals surface area contributed by atoms with Crippen LogP contribution in [0.2, 0.25) is 0 Å². The van der Waals surface area contributed by atoms with Crippen LogP contribution in [0.3, 0.4) is 0 Å². The highest BCUT2D eigenvalue weighted by Gasteiger charge is 2.42. The van der Waals surface area contributed by atoms with E-state index in [1.54, 1.807) is 18.2 Å². The minimum atomic E-state index is -0.787. The second-order valence-corrected chi connectivity index (χ2v) is 6.35. The first-order valence-electron chi connectivity index (χ1n) is 8.15. The van der Waals surface area contributed by atoms with Gasteiger partial charge in [0.25, 0.3) is 0 Å². The molecule has 2 aromatic rings. The van der Waals surface area contributed by atoms with Crippen molar-refractivity contribution in [2.24, 2.45) is 21.5 Å². The molecule has 4 rings (SSSR count). The van der Waals surface area contributed by atoms with E-state index in [1.807, 2.05) is 4.90 Å². The van der Waals surface area contributed by atoms with Gasteiger partial charge in [-0.05, 0) is 43.9 Å². The Kier molecular flexibility index (Phi) is 3.38. The molecule has 0 saturated heterocycles. The predicted octanol–water partition coefficient (Wildman–Crippen LogP) is 0.591. The summed E-state index contributed by atoms with van der Waals surface area (Å²) in [6.07, 6.45) is 4.72. The van der Waals surface area contributed by atoms with E-state index in [1.165, 1.54) is 0 Å². The number of aliphatic imine (C=N–C) groups is 2. The lowest BCUT2D eigenvalue weighted by atomic mass is 9.87. The molecule has 1 fully saturated rings. The number of nitrogens with one attached hydrogen (secondary N) is 1. The Morgan fingerprint density at radius 2 is 1.92 bits per heavy atom. The third-order valence-electron chi connectivity index (χ3n) is 4.75. The van der Waals surface area contributed by atoms with Crippen molar-refractivity contribution < 1.29 is 4.42 Å². The molecule has 25 heavy (non-hydrogen) atoms. The molecule has 1 aromatic carbocycles. The van der Waals surface area contributed by atoms with E-state index in [2.05, 4.69) is 19.4 Å². The number of guanidine groups is 2. The van der Waals surface area contributed by atoms with Gasteiger partial charge < -0.3 is 15.9 Å². The summed E-state index contributed by atoms with van der Waals surface area (Å²) < 4.78 is 4.62. The number of fused-ring (bicyclic) bond motifs is 1. The third-order valence-corrected chi connectivity index (χ3v) is 4.75. The fraction of sp³-hybridized carbons (Fsp3) is 0.375. The molecule has 1 aliphatic heterocycles. The van der Waals surface area contributed by atoms with E-state index in [0.717, 1.165) is 32.1 Å². The maximum absolute atomic E-state index is 12.0. The highest BCUT2D eigenvalue weighted by atomic mass is 16.4. The van der Waals surface area contributed by atoms with Crippen molar-refractivity contribution in [3.05, 3.63) is 39.2 Å². The van der Waals surface area contributed by atoms with Crippen LogP contribution < -0.4 is 27.7 Å². The summed E-state index contributed by atoms with van der Waals surface area (Å²) in [5, 5.41) is 0.262. The molecule has 0 unspecified atom stereocenters. The van der Waals surface area contributed by atoms with Gasteiger partial charge in [-0.2, -0.15) is 4.99 Å². The highest BCUT2D eigenvalue weighted by Crippen LogP contribution is 2.39. The third kappa shape index (κ3) is 2.48. The first-order chi connectivity index (χ1) is 12.0. The summed E-state index contributed by atoms with van der Waals surface area (Å²) in [6, 6.07) is 5.05. The van der Waals surface area contributed by atoms with Crippen LogP contribution in [-0.4, -0.2) is 22.6 Å². The van der Waals surface area contributed by atoms with Gasteiger partial charge in [0.15, 0.2) is 0 Å². The molecule has 9 nitrogen and oxygen atoms in total. The smallest absolute Gasteiger partial charge is 0.372 e. The summed E-state index contributed by atoms with van der Waals surface area (Å²) in [5.74, 6) is -0.381. The summed E-state index contributed by atoms with van der Waals surface area (Å²) in [6.45, 7) is 0. The molecule has 1 spiro atoms. The molecule has 1 aliphatic carbocycles. The van der Waals surface area contributed by atoms with E-state index in [9.17, 15) is 9.59 Å². The van der Waals surface area contributed by atoms with Crippen LogP contribution >= 0.6 is 0 Å². The number of nitrogens with zero attached hydrogens (tertiary/aromatic N) is 3. The van der Waals surface area contributed by atoms with Crippen molar-refractivity contribution in [3.8, 4) is 0 Å². The van der Waals surface area contributed by atoms with Crippen LogP contribution in [-0.2, 0) is 0 Å². The number of hydrogen-bond acceptors (Lipinski definition) is 8. The number of hydrogen-bond donors (Lipinski definition) is 3. The molecule has 1 aromatic heterocycles. The average molecular weight is 342 g/mol. The maximum atomic E-state index is 12.0. The van der Waals surface area contributed by atoms with Gasteiger partial charge in [-0.1, -0.05) is 6.42 Å². The molecule has 0 amide bonds. The fourth-order valence-electron chi connectivity index (χ4n) is 3.72. The van der Waals surface area contributed by atoms with E-state index < -0.39 is 17.0 Å². The van der Waals surface area contributed by atoms with Crippen LogP contribution in [0.1, 0.15) is 32.1 Å². The lowest BCUT2D eigenvalue weighted by Crippen LogP contribution is -2.58. The van der Waals surface area contributed by atoms with E-state index in [4.69, 9.17) is 11.5 Å². The first-order valence-corrected chi connectivity index (χ1v) is 8.15. The van der Waals surface area contributed by atoms with Gasteiger partial charge in [-0.25, -0.2) is 14.6 Å². The van der Waals surface area contributed by atoms with Crippen LogP contribution in [0.15, 0.2) is 42.2 Å². The molecule has 2 aliphatic rings. The van der Waals surface area contributed by atoms with Gasteiger partial charge in [0.1, 0.15) is 5.66 Å². The molecule has 9 heteroatoms. The number of aromatic nitrogens is 1. The number of benzene rings is 1. The van der Waals surface area contributed by atoms with Crippen LogP contribution in [0, 0.1) is 0 Å². The number of anilines is 1. The maximum Gasteiger partial charge on any atom is 0.419 e. The summed E-state index contributed by atoms with van der Waals surface area (Å²) in [7, 11) is 0. The minimum Gasteiger partial charge on any atom is -0.372 e. The molecule has 1 saturated carbocycles. The van der Waals surface area contributed by atoms with Crippen molar-refractivity contribution in [3.63, 3.8) is 0 Å². The molecule has 0 bridgehead atoms. The lowest BCUT2D eigenvalue weighted by molar-refractivity contribution is 0.305. The van der Waals surface area contributed by atoms with Gasteiger partial charge in [-0.15, -0.1) is 0 Å². The standard InChI is InChI=1S/C16H18N6O3/c17-13-20-14(18)22(16(21-13)6-2-1-3-7-16)9-4-5-11-10(8-9)12(23)25-15(24)19-11/h4-5,8H,1-3,6-7H2,(H,19,24)(H4,17,18,20,21). The van der Waals surface area contributed by atoms with Crippen molar-refractivity contribution in [1.82, 2.24) is 4.98 Å². The quantitative estimate of drug-likeness (QED) is 0.692. The zero-order chi connectivity index (χ0) is 17.6. The van der Waals surface area contributed by atoms with Crippen LogP contribution in [0.5, 0.6) is 0 Å². The van der Waals surface area contributed by atoms with Gasteiger partial charge >= 0.3 is 11.4 Å². The van der Waals surface area contributed by atoms with Gasteiger partial charge in [-0.3, -0.25) is 9.88 Å². The van der Waals surface area contributed by atoms with E-state index >= 15 is 0 Å². The van der Waals surface area contributed by atoms with Crippen molar-refractivity contribution in [1.29, 1.82) is 0 Å². The Morgan fingerprint density at radius 1 is 1.16 bits per heavy atom. The topological polar surface area (TPSA) is 143 Å². The monoisotopic (exact) mass is 342 g/mol. The van der Waals surface area contributed by atoms with E-state index in [0.29, 0.717) is 11.2 Å². The van der Waals surface area contributed by atoms with Crippen LogP contribution in [0.4, 0.5) is 5.69 Å². The lowest BCUT2D eigenvalue weighted by Gasteiger charge is -2.45. The second-order valence-electron chi connectivity index (χ2n) is 6.35. The predicted molar refractivity (Wildman–Crippen MR) is 94.6 cm³/mol. The molecule has 130 valence electrons. The zero-order valence-corrected chi connectivity index (χ0v) is 13.5. The largest absolute Gasteiger partial charge is 0.419 e. The van der Waals surface area contributed by atoms with Gasteiger partial charge in [0.2, 0.25) is 11.9 Å². The number of aromatic amines is 1. The SMILES string of the molecule is NC1=NC2(CCCCC2)N(c2ccc3[nH]c(=O)oc(=O)c3c2)C(N)=N1. The molecular formula is C16H18N6O3. The van der Waals surface area contributed by atoms with Crippen molar-refractivity contribution in [2.45, 2.75) is 37.8 Å². The molecule has 5 N–H and O–H groups in total. The molecular weight excluding hydrogens is 324 g/mol. The summed E-state index contributed by atoms with van der Waals surface area (Å²) in [4.78, 5) is 36.4. The number of H-pyrrole nitrogens is 1. The zero-order valence-electron chi connectivity index (χ0n) is 13.5. The van der Waals surface area contributed by atoms with Crippen LogP contribution in [0.25, 0.3) is 10.9 Å². The van der Waals surface area contributed by atoms with Gasteiger partial charge in [0, 0.05) is 5.69 Å². The second kappa shape index (κ2) is 5.47. The number of nitrogens with two attached hydrogens (primary N) is 2. The molecule has 2 heterocycles. The Morgan fingerprint density at radius 3 is 2.68 bits per heavy atom. The Hall–Kier alpha value is -3.10. The highest BCUT2D eigenvalue weighted by molar-refractivity contribution is 6.06. The Bertz CT molecular complexity index is 1010. The fourth-order valence-corrected chi connectivity index (χ4v) is 3.72. The minimum absolute atomic E-state index is 0.167. The Balaban J connectivity index is 1.89. The first kappa shape index (κ1) is 15.4. The molecule has 0 radical (unpaired) electrons. The normalized spacial score (nSPS) is 19.8. The Labute approximate surface area is 142 Å². The van der Waals surface area contributed by atoms with Crippen molar-refractivity contribution in [2.75, 3.05) is 4.90 Å². The van der Waals surface area contributed by atoms with Crippen molar-refractivity contribution >= 4 is 28.5 Å². The summed E-state index contributed by atoms with van der Waals surface area (Å²) >= 11 is 0.